The van der Waals surface area contributed by atoms with Crippen LogP contribution in [0.3, 0.4) is 0 Å². The summed E-state index contributed by atoms with van der Waals surface area (Å²) in [6.45, 7) is 8.56. The molecule has 0 saturated heterocycles. The summed E-state index contributed by atoms with van der Waals surface area (Å²) in [6.07, 6.45) is 6.84. The molecule has 30 heavy (non-hydrogen) atoms. The molecule has 3 rings (SSSR count). The molecular formula is C25H28N2O3. The Morgan fingerprint density at radius 2 is 1.73 bits per heavy atom. The number of aromatic carboxylic acids is 1. The van der Waals surface area contributed by atoms with Gasteiger partial charge in [0.25, 0.3) is 0 Å². The van der Waals surface area contributed by atoms with E-state index >= 15 is 0 Å². The first-order valence-electron chi connectivity index (χ1n) is 10.1. The summed E-state index contributed by atoms with van der Waals surface area (Å²) in [4.78, 5) is 24.5. The number of aromatic nitrogens is 2. The number of hydrogen-bond donors (Lipinski definition) is 1. The fourth-order valence-corrected chi connectivity index (χ4v) is 3.40. The van der Waals surface area contributed by atoms with E-state index in [1.807, 2.05) is 69.5 Å². The molecule has 0 atom stereocenters. The Morgan fingerprint density at radius 1 is 1.07 bits per heavy atom. The Morgan fingerprint density at radius 3 is 2.33 bits per heavy atom. The second-order valence-electron chi connectivity index (χ2n) is 8.32. The highest BCUT2D eigenvalue weighted by Gasteiger charge is 2.20. The van der Waals surface area contributed by atoms with Gasteiger partial charge < -0.3 is 5.11 Å². The van der Waals surface area contributed by atoms with E-state index in [0.717, 1.165) is 23.2 Å². The van der Waals surface area contributed by atoms with Gasteiger partial charge >= 0.3 is 11.7 Å². The van der Waals surface area contributed by atoms with E-state index in [9.17, 15) is 14.7 Å². The largest absolute Gasteiger partial charge is 0.478 e. The van der Waals surface area contributed by atoms with Crippen molar-refractivity contribution in [1.29, 1.82) is 0 Å². The maximum atomic E-state index is 13.0. The number of imidazole rings is 1. The number of rotatable bonds is 6. The minimum Gasteiger partial charge on any atom is -0.478 e. The molecule has 0 fully saturated rings. The molecule has 0 amide bonds. The number of carboxylic acid groups (broad SMARTS) is 1. The van der Waals surface area contributed by atoms with Crippen LogP contribution in [0.2, 0.25) is 0 Å². The molecule has 5 heteroatoms. The first kappa shape index (κ1) is 21.4. The fraction of sp³-hybridized carbons (Fsp3) is 0.280. The standard InChI is InChI=1S/C25H28N2O3/c1-5-6-9-20-17-27(25(2,3)4)24(30)26(20)16-18-12-14-19(15-13-18)21-10-7-8-11-22(21)23(28)29/h6-15,17H,5,16H2,1-4H3,(H,28,29). The van der Waals surface area contributed by atoms with Gasteiger partial charge in [0.05, 0.1) is 17.8 Å². The quantitative estimate of drug-likeness (QED) is 0.611. The van der Waals surface area contributed by atoms with Crippen LogP contribution < -0.4 is 5.69 Å². The second-order valence-corrected chi connectivity index (χ2v) is 8.32. The van der Waals surface area contributed by atoms with Crippen molar-refractivity contribution >= 4 is 12.0 Å². The maximum absolute atomic E-state index is 13.0. The van der Waals surface area contributed by atoms with E-state index in [1.54, 1.807) is 27.3 Å². The molecule has 0 aliphatic carbocycles. The second kappa shape index (κ2) is 8.57. The van der Waals surface area contributed by atoms with Crippen LogP contribution in [0.25, 0.3) is 17.2 Å². The third-order valence-electron chi connectivity index (χ3n) is 5.02. The number of benzene rings is 2. The highest BCUT2D eigenvalue weighted by atomic mass is 16.4. The number of nitrogens with zero attached hydrogens (tertiary/aromatic N) is 2. The van der Waals surface area contributed by atoms with Crippen molar-refractivity contribution in [2.75, 3.05) is 0 Å². The van der Waals surface area contributed by atoms with E-state index < -0.39 is 5.97 Å². The smallest absolute Gasteiger partial charge is 0.336 e. The van der Waals surface area contributed by atoms with Crippen LogP contribution in [0, 0.1) is 0 Å². The number of hydrogen-bond acceptors (Lipinski definition) is 2. The minimum atomic E-state index is -0.947. The van der Waals surface area contributed by atoms with Crippen LogP contribution in [0.1, 0.15) is 55.7 Å². The van der Waals surface area contributed by atoms with Crippen molar-refractivity contribution in [1.82, 2.24) is 9.13 Å². The summed E-state index contributed by atoms with van der Waals surface area (Å²) in [5.41, 5.74) is 3.29. The highest BCUT2D eigenvalue weighted by Crippen LogP contribution is 2.24. The SMILES string of the molecule is CCC=Cc1cn(C(C)(C)C)c(=O)n1Cc1ccc(-c2ccccc2C(=O)O)cc1. The zero-order chi connectivity index (χ0) is 21.9. The van der Waals surface area contributed by atoms with Gasteiger partial charge in [-0.15, -0.1) is 0 Å². The third kappa shape index (κ3) is 4.46. The van der Waals surface area contributed by atoms with Crippen molar-refractivity contribution in [3.8, 4) is 11.1 Å². The van der Waals surface area contributed by atoms with Gasteiger partial charge in [0.15, 0.2) is 0 Å². The zero-order valence-corrected chi connectivity index (χ0v) is 17.9. The van der Waals surface area contributed by atoms with Crippen molar-refractivity contribution < 1.29 is 9.90 Å². The molecule has 0 saturated carbocycles. The normalized spacial score (nSPS) is 11.9. The summed E-state index contributed by atoms with van der Waals surface area (Å²) in [6, 6.07) is 14.7. The first-order valence-corrected chi connectivity index (χ1v) is 10.1. The summed E-state index contributed by atoms with van der Waals surface area (Å²) < 4.78 is 3.54. The molecule has 3 aromatic rings. The van der Waals surface area contributed by atoms with Crippen LogP contribution in [0.15, 0.2) is 65.6 Å². The molecule has 0 radical (unpaired) electrons. The summed E-state index contributed by atoms with van der Waals surface area (Å²) in [5.74, 6) is -0.947. The molecule has 0 bridgehead atoms. The Labute approximate surface area is 176 Å². The van der Waals surface area contributed by atoms with Crippen molar-refractivity contribution in [2.24, 2.45) is 0 Å². The predicted molar refractivity (Wildman–Crippen MR) is 121 cm³/mol. The summed E-state index contributed by atoms with van der Waals surface area (Å²) in [7, 11) is 0. The Kier molecular flexibility index (Phi) is 6.11. The lowest BCUT2D eigenvalue weighted by molar-refractivity contribution is 0.0697. The van der Waals surface area contributed by atoms with Gasteiger partial charge in [0.2, 0.25) is 0 Å². The van der Waals surface area contributed by atoms with Crippen LogP contribution >= 0.6 is 0 Å². The third-order valence-corrected chi connectivity index (χ3v) is 5.02. The molecule has 1 aromatic heterocycles. The van der Waals surface area contributed by atoms with Gasteiger partial charge in [0.1, 0.15) is 0 Å². The lowest BCUT2D eigenvalue weighted by Gasteiger charge is -2.19. The molecule has 2 aromatic carbocycles. The van der Waals surface area contributed by atoms with Crippen molar-refractivity contribution in [3.63, 3.8) is 0 Å². The lowest BCUT2D eigenvalue weighted by Crippen LogP contribution is -2.34. The average Bonchev–Trinajstić information content (AvgIpc) is 3.03. The zero-order valence-electron chi connectivity index (χ0n) is 17.9. The van der Waals surface area contributed by atoms with Gasteiger partial charge in [-0.2, -0.15) is 0 Å². The molecule has 156 valence electrons. The molecule has 1 heterocycles. The van der Waals surface area contributed by atoms with Gasteiger partial charge in [-0.1, -0.05) is 55.5 Å². The van der Waals surface area contributed by atoms with Gasteiger partial charge in [0, 0.05) is 11.7 Å². The van der Waals surface area contributed by atoms with Crippen LogP contribution in [0.4, 0.5) is 0 Å². The maximum Gasteiger partial charge on any atom is 0.336 e. The van der Waals surface area contributed by atoms with E-state index in [0.29, 0.717) is 12.1 Å². The first-order chi connectivity index (χ1) is 14.2. The van der Waals surface area contributed by atoms with E-state index in [1.165, 1.54) is 0 Å². The summed E-state index contributed by atoms with van der Waals surface area (Å²) in [5, 5.41) is 9.43. The highest BCUT2D eigenvalue weighted by molar-refractivity contribution is 5.95. The monoisotopic (exact) mass is 404 g/mol. The number of carboxylic acids is 1. The van der Waals surface area contributed by atoms with E-state index in [4.69, 9.17) is 0 Å². The van der Waals surface area contributed by atoms with Gasteiger partial charge in [-0.25, -0.2) is 9.59 Å². The van der Waals surface area contributed by atoms with Crippen molar-refractivity contribution in [3.05, 3.63) is 88.1 Å². The van der Waals surface area contributed by atoms with Crippen LogP contribution in [-0.2, 0) is 12.1 Å². The molecular weight excluding hydrogens is 376 g/mol. The van der Waals surface area contributed by atoms with Crippen LogP contribution in [0.5, 0.6) is 0 Å². The Balaban J connectivity index is 1.96. The van der Waals surface area contributed by atoms with Crippen LogP contribution in [-0.4, -0.2) is 20.2 Å². The number of allylic oxidation sites excluding steroid dienone is 1. The molecule has 0 aliphatic rings. The average molecular weight is 405 g/mol. The lowest BCUT2D eigenvalue weighted by atomic mass is 9.99. The predicted octanol–water partition coefficient (Wildman–Crippen LogP) is 5.24. The topological polar surface area (TPSA) is 64.2 Å². The Bertz CT molecular complexity index is 1130. The molecule has 1 N–H and O–H groups in total. The minimum absolute atomic E-state index is 0.0430. The summed E-state index contributed by atoms with van der Waals surface area (Å²) >= 11 is 0. The fourth-order valence-electron chi connectivity index (χ4n) is 3.40. The van der Waals surface area contributed by atoms with Crippen molar-refractivity contribution in [2.45, 2.75) is 46.2 Å². The van der Waals surface area contributed by atoms with E-state index in [2.05, 4.69) is 6.92 Å². The molecule has 0 aliphatic heterocycles. The van der Waals surface area contributed by atoms with Gasteiger partial charge in [-0.05, 0) is 56.0 Å². The van der Waals surface area contributed by atoms with Gasteiger partial charge in [-0.3, -0.25) is 9.13 Å². The Hall–Kier alpha value is -3.34. The number of carbonyl (C=O) groups is 1. The molecule has 0 spiro atoms. The van der Waals surface area contributed by atoms with E-state index in [-0.39, 0.29) is 16.8 Å². The molecule has 5 nitrogen and oxygen atoms in total. The molecule has 0 unspecified atom stereocenters.